The van der Waals surface area contributed by atoms with Gasteiger partial charge in [-0.25, -0.2) is 4.98 Å². The van der Waals surface area contributed by atoms with Gasteiger partial charge in [-0.3, -0.25) is 10.1 Å². The van der Waals surface area contributed by atoms with E-state index in [2.05, 4.69) is 10.3 Å². The maximum atomic E-state index is 12.5. The van der Waals surface area contributed by atoms with E-state index < -0.39 is 6.10 Å². The molecule has 1 N–H and O–H groups in total. The van der Waals surface area contributed by atoms with Gasteiger partial charge in [0.05, 0.1) is 12.8 Å². The number of nitrogens with one attached hydrogen (secondary N) is 1. The molecule has 1 aliphatic rings. The lowest BCUT2D eigenvalue weighted by molar-refractivity contribution is -0.125. The zero-order chi connectivity index (χ0) is 18.8. The molecule has 1 aromatic heterocycles. The van der Waals surface area contributed by atoms with Crippen LogP contribution in [0.25, 0.3) is 11.3 Å². The molecule has 6 nitrogen and oxygen atoms in total. The van der Waals surface area contributed by atoms with Gasteiger partial charge in [0.25, 0.3) is 5.91 Å². The normalized spacial score (nSPS) is 15.3. The largest absolute Gasteiger partial charge is 0.496 e. The summed E-state index contributed by atoms with van der Waals surface area (Å²) in [4.78, 5) is 17.0. The van der Waals surface area contributed by atoms with Crippen LogP contribution in [0.4, 0.5) is 5.13 Å². The Morgan fingerprint density at radius 2 is 2.07 bits per heavy atom. The topological polar surface area (TPSA) is 69.7 Å². The van der Waals surface area contributed by atoms with Crippen molar-refractivity contribution in [2.24, 2.45) is 0 Å². The van der Waals surface area contributed by atoms with Crippen molar-refractivity contribution in [2.75, 3.05) is 19.0 Å². The summed E-state index contributed by atoms with van der Waals surface area (Å²) in [5.74, 6) is 1.76. The van der Waals surface area contributed by atoms with Gasteiger partial charge < -0.3 is 14.2 Å². The SMILES string of the molecule is COc1ccc(-c2csc(NC(=O)[C@H]3COc4ccccc4O3)n2)cc1C. The van der Waals surface area contributed by atoms with Crippen LogP contribution in [-0.4, -0.2) is 30.7 Å². The van der Waals surface area contributed by atoms with E-state index in [9.17, 15) is 4.79 Å². The van der Waals surface area contributed by atoms with Crippen LogP contribution >= 0.6 is 11.3 Å². The van der Waals surface area contributed by atoms with Crippen molar-refractivity contribution in [3.63, 3.8) is 0 Å². The highest BCUT2D eigenvalue weighted by molar-refractivity contribution is 7.14. The van der Waals surface area contributed by atoms with Crippen LogP contribution in [0.3, 0.4) is 0 Å². The Morgan fingerprint density at radius 3 is 2.85 bits per heavy atom. The molecule has 138 valence electrons. The van der Waals surface area contributed by atoms with Crippen molar-refractivity contribution in [3.8, 4) is 28.5 Å². The van der Waals surface area contributed by atoms with Crippen LogP contribution in [0.2, 0.25) is 0 Å². The zero-order valence-electron chi connectivity index (χ0n) is 14.9. The van der Waals surface area contributed by atoms with E-state index in [-0.39, 0.29) is 12.5 Å². The first-order chi connectivity index (χ1) is 13.1. The average Bonchev–Trinajstić information content (AvgIpc) is 3.16. The Kier molecular flexibility index (Phi) is 4.68. The van der Waals surface area contributed by atoms with Gasteiger partial charge in [-0.1, -0.05) is 12.1 Å². The standard InChI is InChI=1S/C20H18N2O4S/c1-12-9-13(7-8-15(12)24-2)14-11-27-20(21-14)22-19(23)18-10-25-16-5-3-4-6-17(16)26-18/h3-9,11,18H,10H2,1-2H3,(H,21,22,23)/t18-/m1/s1. The minimum absolute atomic E-state index is 0.165. The van der Waals surface area contributed by atoms with Gasteiger partial charge in [-0.05, 0) is 42.8 Å². The highest BCUT2D eigenvalue weighted by Crippen LogP contribution is 2.32. The third-order valence-electron chi connectivity index (χ3n) is 4.23. The summed E-state index contributed by atoms with van der Waals surface area (Å²) in [6.45, 7) is 2.15. The summed E-state index contributed by atoms with van der Waals surface area (Å²) in [5.41, 5.74) is 2.79. The van der Waals surface area contributed by atoms with Crippen LogP contribution in [0.1, 0.15) is 5.56 Å². The van der Waals surface area contributed by atoms with E-state index in [1.54, 1.807) is 13.2 Å². The molecule has 4 rings (SSSR count). The molecule has 0 saturated heterocycles. The third-order valence-corrected chi connectivity index (χ3v) is 4.98. The number of benzene rings is 2. The Bertz CT molecular complexity index is 986. The number of hydrogen-bond donors (Lipinski definition) is 1. The fourth-order valence-electron chi connectivity index (χ4n) is 2.84. The number of anilines is 1. The molecular weight excluding hydrogens is 364 g/mol. The minimum Gasteiger partial charge on any atom is -0.496 e. The van der Waals surface area contributed by atoms with E-state index in [4.69, 9.17) is 14.2 Å². The molecule has 0 saturated carbocycles. The number of rotatable bonds is 4. The summed E-state index contributed by atoms with van der Waals surface area (Å²) < 4.78 is 16.6. The Labute approximate surface area is 160 Å². The molecule has 0 unspecified atom stereocenters. The van der Waals surface area contributed by atoms with Crippen LogP contribution in [0, 0.1) is 6.92 Å². The summed E-state index contributed by atoms with van der Waals surface area (Å²) in [6.07, 6.45) is -0.713. The lowest BCUT2D eigenvalue weighted by Crippen LogP contribution is -2.40. The number of methoxy groups -OCH3 is 1. The maximum Gasteiger partial charge on any atom is 0.270 e. The van der Waals surface area contributed by atoms with Crippen LogP contribution in [-0.2, 0) is 4.79 Å². The van der Waals surface area contributed by atoms with E-state index in [1.807, 2.05) is 48.7 Å². The van der Waals surface area contributed by atoms with E-state index in [1.165, 1.54) is 11.3 Å². The lowest BCUT2D eigenvalue weighted by atomic mass is 10.1. The van der Waals surface area contributed by atoms with Gasteiger partial charge >= 0.3 is 0 Å². The molecule has 0 aliphatic carbocycles. The van der Waals surface area contributed by atoms with Gasteiger partial charge in [0, 0.05) is 10.9 Å². The molecule has 0 fully saturated rings. The first-order valence-corrected chi connectivity index (χ1v) is 9.32. The monoisotopic (exact) mass is 382 g/mol. The van der Waals surface area contributed by atoms with Gasteiger partial charge in [0.15, 0.2) is 16.6 Å². The van der Waals surface area contributed by atoms with Gasteiger partial charge in [-0.15, -0.1) is 11.3 Å². The quantitative estimate of drug-likeness (QED) is 0.741. The third kappa shape index (κ3) is 3.59. The van der Waals surface area contributed by atoms with Gasteiger partial charge in [-0.2, -0.15) is 0 Å². The second kappa shape index (κ2) is 7.28. The summed E-state index contributed by atoms with van der Waals surface area (Å²) in [6, 6.07) is 13.2. The highest BCUT2D eigenvalue weighted by atomic mass is 32.1. The zero-order valence-corrected chi connectivity index (χ0v) is 15.7. The van der Waals surface area contributed by atoms with Gasteiger partial charge in [0.1, 0.15) is 12.4 Å². The van der Waals surface area contributed by atoms with E-state index >= 15 is 0 Å². The van der Waals surface area contributed by atoms with Crippen molar-refractivity contribution < 1.29 is 19.0 Å². The molecule has 0 radical (unpaired) electrons. The summed E-state index contributed by atoms with van der Waals surface area (Å²) in [7, 11) is 1.65. The van der Waals surface area contributed by atoms with Crippen molar-refractivity contribution in [1.82, 2.24) is 4.98 Å². The Hall–Kier alpha value is -3.06. The molecule has 0 bridgehead atoms. The molecule has 3 aromatic rings. The van der Waals surface area contributed by atoms with Gasteiger partial charge in [0.2, 0.25) is 6.10 Å². The summed E-state index contributed by atoms with van der Waals surface area (Å²) >= 11 is 1.37. The predicted octanol–water partition coefficient (Wildman–Crippen LogP) is 3.91. The molecular formula is C20H18N2O4S. The number of ether oxygens (including phenoxy) is 3. The van der Waals surface area contributed by atoms with Crippen molar-refractivity contribution in [1.29, 1.82) is 0 Å². The Balaban J connectivity index is 1.45. The number of hydrogen-bond acceptors (Lipinski definition) is 6. The van der Waals surface area contributed by atoms with Crippen LogP contribution in [0.5, 0.6) is 17.2 Å². The Morgan fingerprint density at radius 1 is 1.26 bits per heavy atom. The second-order valence-electron chi connectivity index (χ2n) is 6.08. The van der Waals surface area contributed by atoms with Crippen LogP contribution in [0.15, 0.2) is 47.8 Å². The molecule has 0 spiro atoms. The van der Waals surface area contributed by atoms with E-state index in [0.29, 0.717) is 16.6 Å². The predicted molar refractivity (Wildman–Crippen MR) is 104 cm³/mol. The number of carbonyl (C=O) groups excluding carboxylic acids is 1. The molecule has 2 aromatic carbocycles. The first-order valence-electron chi connectivity index (χ1n) is 8.44. The summed E-state index contributed by atoms with van der Waals surface area (Å²) in [5, 5.41) is 5.24. The number of thiazole rings is 1. The minimum atomic E-state index is -0.713. The molecule has 1 amide bonds. The van der Waals surface area contributed by atoms with E-state index in [0.717, 1.165) is 22.6 Å². The number of nitrogens with zero attached hydrogens (tertiary/aromatic N) is 1. The number of amides is 1. The number of fused-ring (bicyclic) bond motifs is 1. The highest BCUT2D eigenvalue weighted by Gasteiger charge is 2.27. The fraction of sp³-hybridized carbons (Fsp3) is 0.200. The average molecular weight is 382 g/mol. The second-order valence-corrected chi connectivity index (χ2v) is 6.93. The first kappa shape index (κ1) is 17.4. The fourth-order valence-corrected chi connectivity index (χ4v) is 3.56. The molecule has 2 heterocycles. The molecule has 27 heavy (non-hydrogen) atoms. The number of carbonyl (C=O) groups is 1. The van der Waals surface area contributed by atoms with Crippen molar-refractivity contribution in [2.45, 2.75) is 13.0 Å². The number of para-hydroxylation sites is 2. The van der Waals surface area contributed by atoms with Crippen molar-refractivity contribution >= 4 is 22.4 Å². The maximum absolute atomic E-state index is 12.5. The van der Waals surface area contributed by atoms with Crippen LogP contribution < -0.4 is 19.5 Å². The lowest BCUT2D eigenvalue weighted by Gasteiger charge is -2.25. The molecule has 1 atom stereocenters. The number of aromatic nitrogens is 1. The molecule has 7 heteroatoms. The number of aryl methyl sites for hydroxylation is 1. The van der Waals surface area contributed by atoms with Crippen molar-refractivity contribution in [3.05, 3.63) is 53.4 Å². The molecule has 1 aliphatic heterocycles. The smallest absolute Gasteiger partial charge is 0.270 e.